The van der Waals surface area contributed by atoms with E-state index >= 15 is 0 Å². The molecule has 22 heavy (non-hydrogen) atoms. The number of benzene rings is 2. The van der Waals surface area contributed by atoms with Crippen LogP contribution in [0.2, 0.25) is 0 Å². The van der Waals surface area contributed by atoms with Crippen LogP contribution in [-0.2, 0) is 0 Å². The Morgan fingerprint density at radius 2 is 1.64 bits per heavy atom. The second kappa shape index (κ2) is 6.09. The van der Waals surface area contributed by atoms with E-state index in [-0.39, 0.29) is 28.5 Å². The molecule has 0 bridgehead atoms. The van der Waals surface area contributed by atoms with Crippen LogP contribution in [0.3, 0.4) is 0 Å². The van der Waals surface area contributed by atoms with Gasteiger partial charge in [0.15, 0.2) is 11.6 Å². The van der Waals surface area contributed by atoms with Gasteiger partial charge in [-0.25, -0.2) is 18.0 Å². The van der Waals surface area contributed by atoms with Crippen LogP contribution in [-0.4, -0.2) is 17.2 Å². The van der Waals surface area contributed by atoms with Crippen LogP contribution < -0.4 is 4.74 Å². The van der Waals surface area contributed by atoms with E-state index in [1.165, 1.54) is 18.2 Å². The molecule has 0 radical (unpaired) electrons. The van der Waals surface area contributed by atoms with E-state index in [1.54, 1.807) is 13.8 Å². The summed E-state index contributed by atoms with van der Waals surface area (Å²) in [5.74, 6) is -4.55. The Balaban J connectivity index is 2.61. The number of halogens is 3. The Morgan fingerprint density at radius 3 is 2.23 bits per heavy atom. The van der Waals surface area contributed by atoms with Gasteiger partial charge in [0.1, 0.15) is 11.6 Å². The van der Waals surface area contributed by atoms with Gasteiger partial charge in [-0.1, -0.05) is 0 Å². The summed E-state index contributed by atoms with van der Waals surface area (Å²) in [5, 5.41) is 9.10. The number of hydrogen-bond donors (Lipinski definition) is 1. The van der Waals surface area contributed by atoms with Gasteiger partial charge in [0.25, 0.3) is 0 Å². The molecule has 116 valence electrons. The number of carbonyl (C=O) groups is 1. The summed E-state index contributed by atoms with van der Waals surface area (Å²) in [7, 11) is 0. The van der Waals surface area contributed by atoms with Crippen LogP contribution in [0, 0.1) is 17.5 Å². The van der Waals surface area contributed by atoms with Gasteiger partial charge in [0.2, 0.25) is 0 Å². The fourth-order valence-corrected chi connectivity index (χ4v) is 1.96. The summed E-state index contributed by atoms with van der Waals surface area (Å²) in [6.45, 7) is 3.48. The van der Waals surface area contributed by atoms with Crippen LogP contribution in [0.5, 0.6) is 5.75 Å². The molecule has 0 amide bonds. The molecule has 0 saturated heterocycles. The average molecular weight is 310 g/mol. The normalized spacial score (nSPS) is 10.8. The minimum Gasteiger partial charge on any atom is -0.491 e. The van der Waals surface area contributed by atoms with Crippen LogP contribution in [0.15, 0.2) is 30.3 Å². The van der Waals surface area contributed by atoms with Gasteiger partial charge in [-0.05, 0) is 43.7 Å². The van der Waals surface area contributed by atoms with Gasteiger partial charge in [0, 0.05) is 11.6 Å². The highest BCUT2D eigenvalue weighted by molar-refractivity contribution is 5.90. The fourth-order valence-electron chi connectivity index (χ4n) is 1.96. The highest BCUT2D eigenvalue weighted by Crippen LogP contribution is 2.30. The van der Waals surface area contributed by atoms with Crippen molar-refractivity contribution in [3.63, 3.8) is 0 Å². The summed E-state index contributed by atoms with van der Waals surface area (Å²) in [5.41, 5.74) is -0.292. The van der Waals surface area contributed by atoms with Crippen molar-refractivity contribution < 1.29 is 27.8 Å². The van der Waals surface area contributed by atoms with Gasteiger partial charge < -0.3 is 9.84 Å². The van der Waals surface area contributed by atoms with Gasteiger partial charge in [-0.15, -0.1) is 0 Å². The van der Waals surface area contributed by atoms with Crippen molar-refractivity contribution >= 4 is 5.97 Å². The van der Waals surface area contributed by atoms with Crippen molar-refractivity contribution in [2.45, 2.75) is 20.0 Å². The summed E-state index contributed by atoms with van der Waals surface area (Å²) in [6, 6.07) is 4.93. The smallest absolute Gasteiger partial charge is 0.335 e. The molecule has 0 spiro atoms. The zero-order valence-electron chi connectivity index (χ0n) is 11.9. The Bertz CT molecular complexity index is 727. The molecule has 6 heteroatoms. The van der Waals surface area contributed by atoms with Crippen molar-refractivity contribution in [3.8, 4) is 16.9 Å². The lowest BCUT2D eigenvalue weighted by Crippen LogP contribution is -2.07. The number of hydrogen-bond acceptors (Lipinski definition) is 2. The number of rotatable bonds is 4. The first-order chi connectivity index (χ1) is 10.3. The molecule has 0 saturated carbocycles. The van der Waals surface area contributed by atoms with E-state index in [2.05, 4.69) is 0 Å². The number of ether oxygens (including phenoxy) is 1. The molecule has 0 heterocycles. The highest BCUT2D eigenvalue weighted by Gasteiger charge is 2.15. The third-order valence-corrected chi connectivity index (χ3v) is 2.85. The molecule has 0 aliphatic heterocycles. The maximum absolute atomic E-state index is 13.8. The van der Waals surface area contributed by atoms with E-state index in [0.717, 1.165) is 0 Å². The van der Waals surface area contributed by atoms with Gasteiger partial charge in [0.05, 0.1) is 11.7 Å². The molecule has 0 aromatic heterocycles. The van der Waals surface area contributed by atoms with E-state index in [0.29, 0.717) is 12.1 Å². The van der Waals surface area contributed by atoms with Crippen LogP contribution in [0.4, 0.5) is 13.2 Å². The van der Waals surface area contributed by atoms with Crippen molar-refractivity contribution in [2.24, 2.45) is 0 Å². The molecule has 1 N–H and O–H groups in total. The monoisotopic (exact) mass is 310 g/mol. The molecule has 3 nitrogen and oxygen atoms in total. The van der Waals surface area contributed by atoms with E-state index in [1.807, 2.05) is 0 Å². The first-order valence-electron chi connectivity index (χ1n) is 6.48. The van der Waals surface area contributed by atoms with Crippen molar-refractivity contribution in [2.75, 3.05) is 0 Å². The molecule has 0 aliphatic rings. The maximum atomic E-state index is 13.8. The zero-order valence-corrected chi connectivity index (χ0v) is 11.9. The summed E-state index contributed by atoms with van der Waals surface area (Å²) >= 11 is 0. The van der Waals surface area contributed by atoms with Crippen molar-refractivity contribution in [1.29, 1.82) is 0 Å². The zero-order chi connectivity index (χ0) is 16.4. The fraction of sp³-hybridized carbons (Fsp3) is 0.188. The third kappa shape index (κ3) is 3.39. The molecule has 2 aromatic carbocycles. The maximum Gasteiger partial charge on any atom is 0.335 e. The average Bonchev–Trinajstić information content (AvgIpc) is 2.41. The summed E-state index contributed by atoms with van der Waals surface area (Å²) < 4.78 is 45.6. The Morgan fingerprint density at radius 1 is 1.00 bits per heavy atom. The lowest BCUT2D eigenvalue weighted by molar-refractivity contribution is 0.0696. The van der Waals surface area contributed by atoms with Gasteiger partial charge in [-0.3, -0.25) is 0 Å². The molecule has 2 rings (SSSR count). The molecule has 2 aromatic rings. The lowest BCUT2D eigenvalue weighted by Gasteiger charge is -2.13. The Hall–Kier alpha value is -2.50. The van der Waals surface area contributed by atoms with E-state index in [9.17, 15) is 18.0 Å². The molecular weight excluding hydrogens is 297 g/mol. The number of aromatic carboxylic acids is 1. The first kappa shape index (κ1) is 15.9. The number of carboxylic acid groups (broad SMARTS) is 1. The summed E-state index contributed by atoms with van der Waals surface area (Å²) in [4.78, 5) is 11.1. The third-order valence-electron chi connectivity index (χ3n) is 2.85. The van der Waals surface area contributed by atoms with Crippen molar-refractivity contribution in [1.82, 2.24) is 0 Å². The molecule has 0 aliphatic carbocycles. The van der Waals surface area contributed by atoms with Crippen LogP contribution in [0.1, 0.15) is 24.2 Å². The van der Waals surface area contributed by atoms with Crippen LogP contribution >= 0.6 is 0 Å². The van der Waals surface area contributed by atoms with Gasteiger partial charge >= 0.3 is 5.97 Å². The predicted octanol–water partition coefficient (Wildman–Crippen LogP) is 4.26. The minimum absolute atomic E-state index is 0.0898. The van der Waals surface area contributed by atoms with Gasteiger partial charge in [-0.2, -0.15) is 0 Å². The Labute approximate surface area is 125 Å². The predicted molar refractivity (Wildman–Crippen MR) is 74.5 cm³/mol. The minimum atomic E-state index is -1.31. The summed E-state index contributed by atoms with van der Waals surface area (Å²) in [6.07, 6.45) is -0.230. The SMILES string of the molecule is CC(C)Oc1cc(C(=O)O)cc(-c2cc(F)c(F)cc2F)c1. The largest absolute Gasteiger partial charge is 0.491 e. The van der Waals surface area contributed by atoms with Crippen molar-refractivity contribution in [3.05, 3.63) is 53.3 Å². The number of carboxylic acids is 1. The topological polar surface area (TPSA) is 46.5 Å². The van der Waals surface area contributed by atoms with Crippen LogP contribution in [0.25, 0.3) is 11.1 Å². The van der Waals surface area contributed by atoms with E-state index < -0.39 is 23.4 Å². The quantitative estimate of drug-likeness (QED) is 0.858. The lowest BCUT2D eigenvalue weighted by atomic mass is 10.0. The Kier molecular flexibility index (Phi) is 4.40. The first-order valence-corrected chi connectivity index (χ1v) is 6.48. The second-order valence-corrected chi connectivity index (χ2v) is 4.96. The molecule has 0 unspecified atom stereocenters. The highest BCUT2D eigenvalue weighted by atomic mass is 19.2. The molecule has 0 atom stereocenters. The molecule has 0 fully saturated rings. The molecular formula is C16H13F3O3. The standard InChI is InChI=1S/C16H13F3O3/c1-8(2)22-11-4-9(3-10(5-11)16(20)21)12-6-14(18)15(19)7-13(12)17/h3-8H,1-2H3,(H,20,21). The van der Waals surface area contributed by atoms with E-state index in [4.69, 9.17) is 9.84 Å². The second-order valence-electron chi connectivity index (χ2n) is 4.96.